The molecular formula is C12H21N3O. The SMILES string of the molecule is Cc1cnc(N(CCCO)C(C)C)c(N)c1. The van der Waals surface area contributed by atoms with Crippen LogP contribution in [0.1, 0.15) is 25.8 Å². The van der Waals surface area contributed by atoms with Gasteiger partial charge in [-0.25, -0.2) is 4.98 Å². The van der Waals surface area contributed by atoms with Gasteiger partial charge in [-0.2, -0.15) is 0 Å². The average Bonchev–Trinajstić information content (AvgIpc) is 2.20. The Kier molecular flexibility index (Phi) is 4.55. The van der Waals surface area contributed by atoms with Gasteiger partial charge in [-0.1, -0.05) is 0 Å². The van der Waals surface area contributed by atoms with Gasteiger partial charge < -0.3 is 15.7 Å². The van der Waals surface area contributed by atoms with Crippen molar-refractivity contribution < 1.29 is 5.11 Å². The normalized spacial score (nSPS) is 10.8. The Labute approximate surface area is 97.1 Å². The van der Waals surface area contributed by atoms with E-state index in [0.29, 0.717) is 11.7 Å². The predicted molar refractivity (Wildman–Crippen MR) is 67.6 cm³/mol. The van der Waals surface area contributed by atoms with Gasteiger partial charge in [-0.05, 0) is 38.8 Å². The zero-order valence-corrected chi connectivity index (χ0v) is 10.3. The van der Waals surface area contributed by atoms with Gasteiger partial charge >= 0.3 is 0 Å². The number of hydrogen-bond acceptors (Lipinski definition) is 4. The fourth-order valence-electron chi connectivity index (χ4n) is 1.67. The summed E-state index contributed by atoms with van der Waals surface area (Å²) in [5.41, 5.74) is 7.73. The molecule has 0 spiro atoms. The van der Waals surface area contributed by atoms with Crippen molar-refractivity contribution in [2.45, 2.75) is 33.2 Å². The molecule has 0 aromatic carbocycles. The summed E-state index contributed by atoms with van der Waals surface area (Å²) in [4.78, 5) is 6.49. The number of pyridine rings is 1. The highest BCUT2D eigenvalue weighted by atomic mass is 16.3. The van der Waals surface area contributed by atoms with Crippen LogP contribution in [0.2, 0.25) is 0 Å². The van der Waals surface area contributed by atoms with Crippen LogP contribution in [0.3, 0.4) is 0 Å². The average molecular weight is 223 g/mol. The number of rotatable bonds is 5. The molecule has 16 heavy (non-hydrogen) atoms. The summed E-state index contributed by atoms with van der Waals surface area (Å²) < 4.78 is 0. The van der Waals surface area contributed by atoms with Crippen LogP contribution < -0.4 is 10.6 Å². The summed E-state index contributed by atoms with van der Waals surface area (Å²) in [5.74, 6) is 0.814. The second-order valence-electron chi connectivity index (χ2n) is 4.29. The summed E-state index contributed by atoms with van der Waals surface area (Å²) in [7, 11) is 0. The fraction of sp³-hybridized carbons (Fsp3) is 0.583. The number of anilines is 2. The van der Waals surface area contributed by atoms with Gasteiger partial charge in [0.05, 0.1) is 5.69 Å². The number of hydrogen-bond donors (Lipinski definition) is 2. The molecule has 0 amide bonds. The van der Waals surface area contributed by atoms with Gasteiger partial charge in [0.15, 0.2) is 5.82 Å². The number of nitrogen functional groups attached to an aromatic ring is 1. The highest BCUT2D eigenvalue weighted by Crippen LogP contribution is 2.22. The Hall–Kier alpha value is -1.29. The smallest absolute Gasteiger partial charge is 0.152 e. The number of nitrogens with two attached hydrogens (primary N) is 1. The fourth-order valence-corrected chi connectivity index (χ4v) is 1.67. The molecule has 0 fully saturated rings. The third-order valence-corrected chi connectivity index (χ3v) is 2.48. The molecule has 4 nitrogen and oxygen atoms in total. The number of aliphatic hydroxyl groups is 1. The summed E-state index contributed by atoms with van der Waals surface area (Å²) >= 11 is 0. The summed E-state index contributed by atoms with van der Waals surface area (Å²) in [5, 5.41) is 8.88. The molecule has 0 aliphatic carbocycles. The lowest BCUT2D eigenvalue weighted by Gasteiger charge is -2.28. The maximum Gasteiger partial charge on any atom is 0.152 e. The van der Waals surface area contributed by atoms with Crippen molar-refractivity contribution in [3.8, 4) is 0 Å². The zero-order chi connectivity index (χ0) is 12.1. The van der Waals surface area contributed by atoms with Crippen LogP contribution >= 0.6 is 0 Å². The summed E-state index contributed by atoms with van der Waals surface area (Å²) in [6.45, 7) is 7.13. The molecule has 0 atom stereocenters. The van der Waals surface area contributed by atoms with Gasteiger partial charge in [0.1, 0.15) is 0 Å². The first-order valence-corrected chi connectivity index (χ1v) is 5.66. The molecule has 0 bridgehead atoms. The van der Waals surface area contributed by atoms with E-state index in [1.54, 1.807) is 0 Å². The number of nitrogens with zero attached hydrogens (tertiary/aromatic N) is 2. The molecule has 1 rings (SSSR count). The van der Waals surface area contributed by atoms with Gasteiger partial charge in [0.25, 0.3) is 0 Å². The molecule has 1 aromatic rings. The van der Waals surface area contributed by atoms with Crippen LogP contribution in [0.15, 0.2) is 12.3 Å². The van der Waals surface area contributed by atoms with Crippen molar-refractivity contribution >= 4 is 11.5 Å². The molecule has 0 aliphatic heterocycles. The molecule has 0 aliphatic rings. The summed E-state index contributed by atoms with van der Waals surface area (Å²) in [6.07, 6.45) is 2.55. The van der Waals surface area contributed by atoms with Crippen LogP contribution in [-0.2, 0) is 0 Å². The van der Waals surface area contributed by atoms with Crippen molar-refractivity contribution in [3.05, 3.63) is 17.8 Å². The van der Waals surface area contributed by atoms with Crippen molar-refractivity contribution in [2.75, 3.05) is 23.8 Å². The lowest BCUT2D eigenvalue weighted by Crippen LogP contribution is -2.33. The standard InChI is InChI=1S/C12H21N3O/c1-9(2)15(5-4-6-16)12-11(13)7-10(3)8-14-12/h7-9,16H,4-6,13H2,1-3H3. The predicted octanol–water partition coefficient (Wildman–Crippen LogP) is 1.57. The van der Waals surface area contributed by atoms with Crippen LogP contribution in [0.5, 0.6) is 0 Å². The van der Waals surface area contributed by atoms with E-state index in [1.165, 1.54) is 0 Å². The Morgan fingerprint density at radius 2 is 2.19 bits per heavy atom. The number of aromatic nitrogens is 1. The Balaban J connectivity index is 2.92. The number of aryl methyl sites for hydroxylation is 1. The molecule has 0 radical (unpaired) electrons. The first-order chi connectivity index (χ1) is 7.56. The molecular weight excluding hydrogens is 202 g/mol. The first-order valence-electron chi connectivity index (χ1n) is 5.66. The first kappa shape index (κ1) is 12.8. The highest BCUT2D eigenvalue weighted by molar-refractivity contribution is 5.63. The monoisotopic (exact) mass is 223 g/mol. The minimum absolute atomic E-state index is 0.189. The quantitative estimate of drug-likeness (QED) is 0.795. The lowest BCUT2D eigenvalue weighted by atomic mass is 10.2. The Morgan fingerprint density at radius 1 is 1.50 bits per heavy atom. The van der Waals surface area contributed by atoms with Gasteiger partial charge in [0, 0.05) is 25.4 Å². The van der Waals surface area contributed by atoms with Gasteiger partial charge in [-0.3, -0.25) is 0 Å². The second-order valence-corrected chi connectivity index (χ2v) is 4.29. The Morgan fingerprint density at radius 3 is 2.69 bits per heavy atom. The second kappa shape index (κ2) is 5.70. The van der Waals surface area contributed by atoms with Gasteiger partial charge in [0.2, 0.25) is 0 Å². The van der Waals surface area contributed by atoms with E-state index < -0.39 is 0 Å². The molecule has 1 heterocycles. The zero-order valence-electron chi connectivity index (χ0n) is 10.3. The van der Waals surface area contributed by atoms with E-state index in [-0.39, 0.29) is 6.61 Å². The van der Waals surface area contributed by atoms with Crippen LogP contribution in [0.4, 0.5) is 11.5 Å². The molecule has 1 aromatic heterocycles. The molecule has 0 unspecified atom stereocenters. The molecule has 4 heteroatoms. The number of aliphatic hydroxyl groups excluding tert-OH is 1. The van der Waals surface area contributed by atoms with Crippen molar-refractivity contribution in [1.29, 1.82) is 0 Å². The summed E-state index contributed by atoms with van der Waals surface area (Å²) in [6, 6.07) is 2.25. The van der Waals surface area contributed by atoms with E-state index in [2.05, 4.69) is 23.7 Å². The van der Waals surface area contributed by atoms with E-state index in [4.69, 9.17) is 10.8 Å². The highest BCUT2D eigenvalue weighted by Gasteiger charge is 2.14. The maximum absolute atomic E-state index is 8.88. The molecule has 0 saturated heterocycles. The van der Waals surface area contributed by atoms with E-state index >= 15 is 0 Å². The minimum atomic E-state index is 0.189. The van der Waals surface area contributed by atoms with Crippen LogP contribution in [-0.4, -0.2) is 29.3 Å². The molecule has 3 N–H and O–H groups in total. The van der Waals surface area contributed by atoms with Crippen molar-refractivity contribution in [2.24, 2.45) is 0 Å². The van der Waals surface area contributed by atoms with Gasteiger partial charge in [-0.15, -0.1) is 0 Å². The third kappa shape index (κ3) is 3.10. The van der Waals surface area contributed by atoms with E-state index in [9.17, 15) is 0 Å². The topological polar surface area (TPSA) is 62.4 Å². The molecule has 0 saturated carbocycles. The van der Waals surface area contributed by atoms with E-state index in [1.807, 2.05) is 19.2 Å². The van der Waals surface area contributed by atoms with Crippen LogP contribution in [0, 0.1) is 6.92 Å². The van der Waals surface area contributed by atoms with E-state index in [0.717, 1.165) is 24.3 Å². The minimum Gasteiger partial charge on any atom is -0.396 e. The maximum atomic E-state index is 8.88. The van der Waals surface area contributed by atoms with Crippen molar-refractivity contribution in [1.82, 2.24) is 4.98 Å². The Bertz CT molecular complexity index is 339. The third-order valence-electron chi connectivity index (χ3n) is 2.48. The van der Waals surface area contributed by atoms with Crippen LogP contribution in [0.25, 0.3) is 0 Å². The van der Waals surface area contributed by atoms with Crippen molar-refractivity contribution in [3.63, 3.8) is 0 Å². The largest absolute Gasteiger partial charge is 0.396 e. The lowest BCUT2D eigenvalue weighted by molar-refractivity contribution is 0.288. The molecule has 90 valence electrons.